The Bertz CT molecular complexity index is 350. The smallest absolute Gasteiger partial charge is 0.305 e. The minimum Gasteiger partial charge on any atom is -0.305 e. The maximum absolute atomic E-state index is 13.1. The summed E-state index contributed by atoms with van der Waals surface area (Å²) in [7, 11) is 1.11. The van der Waals surface area contributed by atoms with Gasteiger partial charge in [-0.25, -0.2) is 4.39 Å². The molecule has 0 aromatic heterocycles. The van der Waals surface area contributed by atoms with Crippen molar-refractivity contribution in [3.8, 4) is 0 Å². The van der Waals surface area contributed by atoms with E-state index in [1.165, 1.54) is 6.07 Å². The van der Waals surface area contributed by atoms with Crippen LogP contribution < -0.4 is 5.32 Å². The fraction of sp³-hybridized carbons (Fsp3) is 0.333. The molecule has 0 bridgehead atoms. The molecule has 0 heterocycles. The van der Waals surface area contributed by atoms with Gasteiger partial charge in [0.1, 0.15) is 11.9 Å². The quantitative estimate of drug-likeness (QED) is 0.784. The number of hydrogen-bond donors (Lipinski definition) is 1. The van der Waals surface area contributed by atoms with Crippen molar-refractivity contribution >= 4 is 11.6 Å². The summed E-state index contributed by atoms with van der Waals surface area (Å²) in [4.78, 5) is 0. The molecule has 0 aliphatic carbocycles. The van der Waals surface area contributed by atoms with E-state index in [0.29, 0.717) is 0 Å². The molecule has 0 fully saturated rings. The molecule has 1 N–H and O–H groups in total. The zero-order chi connectivity index (χ0) is 11.6. The summed E-state index contributed by atoms with van der Waals surface area (Å²) < 4.78 is 50.5. The Kier molecular flexibility index (Phi) is 3.57. The highest BCUT2D eigenvalue weighted by molar-refractivity contribution is 6.30. The van der Waals surface area contributed by atoms with Gasteiger partial charge in [0.25, 0.3) is 0 Å². The predicted molar refractivity (Wildman–Crippen MR) is 49.3 cm³/mol. The lowest BCUT2D eigenvalue weighted by molar-refractivity contribution is -0.156. The highest BCUT2D eigenvalue weighted by Gasteiger charge is 2.41. The summed E-state index contributed by atoms with van der Waals surface area (Å²) in [6.45, 7) is 0. The molecule has 0 aliphatic rings. The lowest BCUT2D eigenvalue weighted by Crippen LogP contribution is -2.32. The van der Waals surface area contributed by atoms with Crippen LogP contribution in [0.4, 0.5) is 17.6 Å². The van der Waals surface area contributed by atoms with Crippen LogP contribution in [0.25, 0.3) is 0 Å². The second-order valence-electron chi connectivity index (χ2n) is 2.93. The van der Waals surface area contributed by atoms with E-state index < -0.39 is 23.6 Å². The van der Waals surface area contributed by atoms with Gasteiger partial charge in [0.15, 0.2) is 0 Å². The first kappa shape index (κ1) is 12.3. The summed E-state index contributed by atoms with van der Waals surface area (Å²) in [6.07, 6.45) is -4.56. The van der Waals surface area contributed by atoms with Crippen molar-refractivity contribution in [2.75, 3.05) is 7.05 Å². The summed E-state index contributed by atoms with van der Waals surface area (Å²) in [5, 5.41) is 2.07. The molecular weight excluding hydrogens is 234 g/mol. The first-order valence-corrected chi connectivity index (χ1v) is 4.43. The standard InChI is InChI=1S/C9H8ClF4N/c1-15-8(9(12,13)14)6-4-5(10)2-3-7(6)11/h2-4,8,15H,1H3. The third-order valence-electron chi connectivity index (χ3n) is 1.89. The lowest BCUT2D eigenvalue weighted by Gasteiger charge is -2.20. The van der Waals surface area contributed by atoms with Crippen molar-refractivity contribution in [2.45, 2.75) is 12.2 Å². The molecule has 6 heteroatoms. The van der Waals surface area contributed by atoms with Crippen molar-refractivity contribution in [3.63, 3.8) is 0 Å². The maximum atomic E-state index is 13.1. The van der Waals surface area contributed by atoms with Crippen LogP contribution >= 0.6 is 11.6 Å². The molecule has 84 valence electrons. The fourth-order valence-corrected chi connectivity index (χ4v) is 1.41. The van der Waals surface area contributed by atoms with Gasteiger partial charge in [-0.3, -0.25) is 0 Å². The minimum absolute atomic E-state index is 0.0656. The molecule has 0 aliphatic heterocycles. The van der Waals surface area contributed by atoms with Crippen LogP contribution in [0.2, 0.25) is 5.02 Å². The van der Waals surface area contributed by atoms with Gasteiger partial charge in [0.2, 0.25) is 0 Å². The van der Waals surface area contributed by atoms with Crippen molar-refractivity contribution in [2.24, 2.45) is 0 Å². The van der Waals surface area contributed by atoms with Gasteiger partial charge in [-0.1, -0.05) is 11.6 Å². The van der Waals surface area contributed by atoms with E-state index in [0.717, 1.165) is 19.2 Å². The molecule has 1 aromatic rings. The molecule has 1 atom stereocenters. The second-order valence-corrected chi connectivity index (χ2v) is 3.37. The zero-order valence-corrected chi connectivity index (χ0v) is 8.46. The second kappa shape index (κ2) is 4.37. The van der Waals surface area contributed by atoms with Crippen LogP contribution in [0.1, 0.15) is 11.6 Å². The maximum Gasteiger partial charge on any atom is 0.408 e. The van der Waals surface area contributed by atoms with Crippen LogP contribution in [0.5, 0.6) is 0 Å². The van der Waals surface area contributed by atoms with Crippen molar-refractivity contribution in [3.05, 3.63) is 34.6 Å². The van der Waals surface area contributed by atoms with Gasteiger partial charge in [0, 0.05) is 10.6 Å². The Hall–Kier alpha value is -0.810. The molecule has 0 radical (unpaired) electrons. The first-order valence-electron chi connectivity index (χ1n) is 4.05. The van der Waals surface area contributed by atoms with E-state index in [1.807, 2.05) is 5.32 Å². The molecule has 1 aromatic carbocycles. The molecule has 1 rings (SSSR count). The average molecular weight is 242 g/mol. The monoisotopic (exact) mass is 241 g/mol. The number of alkyl halides is 3. The summed E-state index contributed by atoms with van der Waals surface area (Å²) >= 11 is 5.51. The number of nitrogens with one attached hydrogen (secondary N) is 1. The van der Waals surface area contributed by atoms with Crippen LogP contribution in [-0.2, 0) is 0 Å². The zero-order valence-electron chi connectivity index (χ0n) is 7.70. The normalized spacial score (nSPS) is 14.0. The molecule has 0 saturated heterocycles. The molecule has 0 spiro atoms. The Morgan fingerprint density at radius 3 is 2.40 bits per heavy atom. The van der Waals surface area contributed by atoms with Crippen molar-refractivity contribution in [1.82, 2.24) is 5.32 Å². The molecular formula is C9H8ClF4N. The van der Waals surface area contributed by atoms with E-state index >= 15 is 0 Å². The Labute approximate surface area is 89.0 Å². The van der Waals surface area contributed by atoms with Gasteiger partial charge >= 0.3 is 6.18 Å². The van der Waals surface area contributed by atoms with Crippen molar-refractivity contribution in [1.29, 1.82) is 0 Å². The average Bonchev–Trinajstić information content (AvgIpc) is 2.10. The fourth-order valence-electron chi connectivity index (χ4n) is 1.23. The first-order chi connectivity index (χ1) is 6.86. The number of rotatable bonds is 2. The summed E-state index contributed by atoms with van der Waals surface area (Å²) in [5.41, 5.74) is -0.502. The molecule has 0 saturated carbocycles. The van der Waals surface area contributed by atoms with Crippen LogP contribution in [0.3, 0.4) is 0 Å². The Morgan fingerprint density at radius 2 is 1.93 bits per heavy atom. The third kappa shape index (κ3) is 2.82. The summed E-state index contributed by atoms with van der Waals surface area (Å²) in [6, 6.07) is 1.03. The SMILES string of the molecule is CNC(c1cc(Cl)ccc1F)C(F)(F)F. The van der Waals surface area contributed by atoms with Crippen molar-refractivity contribution < 1.29 is 17.6 Å². The number of halogens is 5. The third-order valence-corrected chi connectivity index (χ3v) is 2.12. The van der Waals surface area contributed by atoms with Crippen LogP contribution in [-0.4, -0.2) is 13.2 Å². The summed E-state index contributed by atoms with van der Waals surface area (Å²) in [5.74, 6) is -0.934. The van der Waals surface area contributed by atoms with E-state index in [-0.39, 0.29) is 5.02 Å². The number of hydrogen-bond acceptors (Lipinski definition) is 1. The highest BCUT2D eigenvalue weighted by atomic mass is 35.5. The lowest BCUT2D eigenvalue weighted by atomic mass is 10.1. The molecule has 0 amide bonds. The van der Waals surface area contributed by atoms with Gasteiger partial charge in [-0.2, -0.15) is 13.2 Å². The van der Waals surface area contributed by atoms with E-state index in [1.54, 1.807) is 0 Å². The molecule has 15 heavy (non-hydrogen) atoms. The Balaban J connectivity index is 3.18. The van der Waals surface area contributed by atoms with Gasteiger partial charge < -0.3 is 5.32 Å². The van der Waals surface area contributed by atoms with Gasteiger partial charge in [0.05, 0.1) is 0 Å². The molecule has 1 nitrogen and oxygen atoms in total. The van der Waals surface area contributed by atoms with E-state index in [4.69, 9.17) is 11.6 Å². The van der Waals surface area contributed by atoms with Crippen LogP contribution in [0, 0.1) is 5.82 Å². The van der Waals surface area contributed by atoms with Gasteiger partial charge in [-0.15, -0.1) is 0 Å². The topological polar surface area (TPSA) is 12.0 Å². The predicted octanol–water partition coefficient (Wildman–Crippen LogP) is 3.30. The molecule has 1 unspecified atom stereocenters. The van der Waals surface area contributed by atoms with E-state index in [2.05, 4.69) is 0 Å². The van der Waals surface area contributed by atoms with Gasteiger partial charge in [-0.05, 0) is 25.2 Å². The van der Waals surface area contributed by atoms with E-state index in [9.17, 15) is 17.6 Å². The Morgan fingerprint density at radius 1 is 1.33 bits per heavy atom. The highest BCUT2D eigenvalue weighted by Crippen LogP contribution is 2.34. The largest absolute Gasteiger partial charge is 0.408 e. The van der Waals surface area contributed by atoms with Crippen LogP contribution in [0.15, 0.2) is 18.2 Å². The minimum atomic E-state index is -4.56. The number of benzene rings is 1.